The second-order valence-corrected chi connectivity index (χ2v) is 5.90. The van der Waals surface area contributed by atoms with Crippen molar-refractivity contribution in [3.8, 4) is 0 Å². The average molecular weight is 269 g/mol. The Kier molecular flexibility index (Phi) is 4.95. The lowest BCUT2D eigenvalue weighted by atomic mass is 9.95. The van der Waals surface area contributed by atoms with Crippen LogP contribution in [0.3, 0.4) is 0 Å². The fraction of sp³-hybridized carbons (Fsp3) is 0.846. The molecule has 1 heterocycles. The van der Waals surface area contributed by atoms with Crippen molar-refractivity contribution < 1.29 is 4.79 Å². The number of nitrogens with two attached hydrogens (primary N) is 1. The van der Waals surface area contributed by atoms with Crippen LogP contribution in [0.5, 0.6) is 0 Å². The van der Waals surface area contributed by atoms with Crippen LogP contribution in [0, 0.1) is 0 Å². The molecule has 102 valence electrons. The third-order valence-corrected chi connectivity index (χ3v) is 4.28. The summed E-state index contributed by atoms with van der Waals surface area (Å²) in [4.78, 5) is 14.6. The van der Waals surface area contributed by atoms with E-state index in [0.717, 1.165) is 32.2 Å². The molecule has 1 aliphatic heterocycles. The van der Waals surface area contributed by atoms with Crippen LogP contribution in [0.1, 0.15) is 44.9 Å². The number of carbonyl (C=O) groups excluding carboxylic acids is 1. The zero-order valence-electron chi connectivity index (χ0n) is 10.9. The lowest BCUT2D eigenvalue weighted by Gasteiger charge is -2.26. The summed E-state index contributed by atoms with van der Waals surface area (Å²) in [6, 6.07) is 0.509. The van der Waals surface area contributed by atoms with Crippen molar-refractivity contribution in [1.82, 2.24) is 10.2 Å². The number of hydrogen-bond donors (Lipinski definition) is 2. The first kappa shape index (κ1) is 13.7. The number of nitrogens with zero attached hydrogens (tertiary/aromatic N) is 1. The zero-order valence-corrected chi connectivity index (χ0v) is 11.7. The van der Waals surface area contributed by atoms with E-state index >= 15 is 0 Å². The Morgan fingerprint density at radius 3 is 2.61 bits per heavy atom. The Balaban J connectivity index is 1.77. The van der Waals surface area contributed by atoms with E-state index in [-0.39, 0.29) is 11.9 Å². The lowest BCUT2D eigenvalue weighted by molar-refractivity contribution is -0.123. The van der Waals surface area contributed by atoms with E-state index in [1.54, 1.807) is 0 Å². The monoisotopic (exact) mass is 269 g/mol. The molecule has 1 saturated heterocycles. The summed E-state index contributed by atoms with van der Waals surface area (Å²) in [5.41, 5.74) is 5.71. The quantitative estimate of drug-likeness (QED) is 0.753. The molecule has 2 aliphatic rings. The molecule has 1 saturated carbocycles. The van der Waals surface area contributed by atoms with Gasteiger partial charge in [0, 0.05) is 6.04 Å². The van der Waals surface area contributed by atoms with Crippen LogP contribution in [0.2, 0.25) is 0 Å². The minimum absolute atomic E-state index is 0.122. The summed E-state index contributed by atoms with van der Waals surface area (Å²) < 4.78 is 0. The Morgan fingerprint density at radius 1 is 1.22 bits per heavy atom. The molecule has 4 nitrogen and oxygen atoms in total. The van der Waals surface area contributed by atoms with Crippen LogP contribution in [0.15, 0.2) is 0 Å². The molecule has 3 N–H and O–H groups in total. The van der Waals surface area contributed by atoms with Gasteiger partial charge in [0.15, 0.2) is 0 Å². The van der Waals surface area contributed by atoms with Crippen LogP contribution >= 0.6 is 12.2 Å². The molecular formula is C13H23N3OS. The van der Waals surface area contributed by atoms with Gasteiger partial charge in [0.2, 0.25) is 5.91 Å². The zero-order chi connectivity index (χ0) is 13.0. The van der Waals surface area contributed by atoms with Crippen molar-refractivity contribution in [3.63, 3.8) is 0 Å². The molecule has 1 atom stereocenters. The average Bonchev–Trinajstić information content (AvgIpc) is 2.78. The molecule has 5 heteroatoms. The molecule has 1 unspecified atom stereocenters. The molecule has 0 aromatic carbocycles. The molecule has 1 amide bonds. The number of likely N-dealkylation sites (tertiary alicyclic amines) is 1. The predicted octanol–water partition coefficient (Wildman–Crippen LogP) is 1.19. The van der Waals surface area contributed by atoms with Gasteiger partial charge in [-0.1, -0.05) is 31.5 Å². The van der Waals surface area contributed by atoms with Crippen molar-refractivity contribution >= 4 is 23.1 Å². The second-order valence-electron chi connectivity index (χ2n) is 5.43. The maximum absolute atomic E-state index is 12.0. The number of carbonyl (C=O) groups is 1. The van der Waals surface area contributed by atoms with Gasteiger partial charge < -0.3 is 11.1 Å². The summed E-state index contributed by atoms with van der Waals surface area (Å²) in [5, 5.41) is 3.14. The lowest BCUT2D eigenvalue weighted by Crippen LogP contribution is -2.47. The topological polar surface area (TPSA) is 58.4 Å². The molecule has 18 heavy (non-hydrogen) atoms. The number of hydrogen-bond acceptors (Lipinski definition) is 3. The maximum atomic E-state index is 12.0. The smallest absolute Gasteiger partial charge is 0.234 e. The normalized spacial score (nSPS) is 26.1. The molecule has 2 fully saturated rings. The predicted molar refractivity (Wildman–Crippen MR) is 76.4 cm³/mol. The Morgan fingerprint density at radius 2 is 1.94 bits per heavy atom. The molecular weight excluding hydrogens is 246 g/mol. The first-order valence-electron chi connectivity index (χ1n) is 6.99. The highest BCUT2D eigenvalue weighted by Gasteiger charge is 2.28. The Bertz CT molecular complexity index is 315. The minimum Gasteiger partial charge on any atom is -0.392 e. The molecule has 0 aromatic heterocycles. The maximum Gasteiger partial charge on any atom is 0.234 e. The summed E-state index contributed by atoms with van der Waals surface area (Å²) in [6.45, 7) is 1.37. The summed E-state index contributed by atoms with van der Waals surface area (Å²) in [5.74, 6) is 0.130. The molecule has 2 rings (SSSR count). The first-order chi connectivity index (χ1) is 8.66. The number of amides is 1. The van der Waals surface area contributed by atoms with E-state index < -0.39 is 0 Å². The molecule has 1 aliphatic carbocycles. The fourth-order valence-corrected chi connectivity index (χ4v) is 3.31. The van der Waals surface area contributed by atoms with Crippen molar-refractivity contribution in [1.29, 1.82) is 0 Å². The van der Waals surface area contributed by atoms with E-state index in [9.17, 15) is 4.79 Å². The van der Waals surface area contributed by atoms with E-state index in [1.807, 2.05) is 0 Å². The third-order valence-electron chi connectivity index (χ3n) is 4.01. The van der Waals surface area contributed by atoms with Crippen molar-refractivity contribution in [2.24, 2.45) is 5.73 Å². The number of rotatable bonds is 4. The second kappa shape index (κ2) is 6.48. The molecule has 0 aromatic rings. The highest BCUT2D eigenvalue weighted by molar-refractivity contribution is 7.80. The van der Waals surface area contributed by atoms with Crippen molar-refractivity contribution in [3.05, 3.63) is 0 Å². The van der Waals surface area contributed by atoms with Gasteiger partial charge in [-0.05, 0) is 32.2 Å². The van der Waals surface area contributed by atoms with Crippen LogP contribution in [0.4, 0.5) is 0 Å². The van der Waals surface area contributed by atoms with Crippen molar-refractivity contribution in [2.75, 3.05) is 13.1 Å². The Labute approximate surface area is 114 Å². The van der Waals surface area contributed by atoms with Crippen LogP contribution < -0.4 is 11.1 Å². The first-order valence-corrected chi connectivity index (χ1v) is 7.40. The fourth-order valence-electron chi connectivity index (χ4n) is 3.04. The largest absolute Gasteiger partial charge is 0.392 e. The molecule has 0 radical (unpaired) electrons. The summed E-state index contributed by atoms with van der Waals surface area (Å²) in [7, 11) is 0. The van der Waals surface area contributed by atoms with Gasteiger partial charge in [-0.25, -0.2) is 0 Å². The minimum atomic E-state index is 0.122. The van der Waals surface area contributed by atoms with Gasteiger partial charge in [0.05, 0.1) is 17.6 Å². The van der Waals surface area contributed by atoms with E-state index in [0.29, 0.717) is 17.6 Å². The summed E-state index contributed by atoms with van der Waals surface area (Å²) in [6.07, 6.45) is 8.12. The van der Waals surface area contributed by atoms with E-state index in [2.05, 4.69) is 10.2 Å². The highest BCUT2D eigenvalue weighted by atomic mass is 32.1. The van der Waals surface area contributed by atoms with Gasteiger partial charge in [0.25, 0.3) is 0 Å². The van der Waals surface area contributed by atoms with Gasteiger partial charge in [-0.3, -0.25) is 9.69 Å². The van der Waals surface area contributed by atoms with E-state index in [1.165, 1.54) is 19.3 Å². The third kappa shape index (κ3) is 3.65. The highest BCUT2D eigenvalue weighted by Crippen LogP contribution is 2.19. The van der Waals surface area contributed by atoms with Gasteiger partial charge >= 0.3 is 0 Å². The molecule has 0 bridgehead atoms. The van der Waals surface area contributed by atoms with Crippen molar-refractivity contribution in [2.45, 2.75) is 57.0 Å². The summed E-state index contributed by atoms with van der Waals surface area (Å²) >= 11 is 5.05. The van der Waals surface area contributed by atoms with Gasteiger partial charge in [-0.2, -0.15) is 0 Å². The Hall–Kier alpha value is -0.680. The van der Waals surface area contributed by atoms with Gasteiger partial charge in [0.1, 0.15) is 0 Å². The van der Waals surface area contributed by atoms with Crippen LogP contribution in [0.25, 0.3) is 0 Å². The molecule has 0 spiro atoms. The standard InChI is InChI=1S/C13H23N3OS/c14-13(18)11-7-4-8-16(11)9-12(17)15-10-5-2-1-3-6-10/h10-11H,1-9H2,(H2,14,18)(H,15,17). The van der Waals surface area contributed by atoms with E-state index in [4.69, 9.17) is 18.0 Å². The van der Waals surface area contributed by atoms with Crippen LogP contribution in [-0.4, -0.2) is 41.0 Å². The number of nitrogens with one attached hydrogen (secondary N) is 1. The van der Waals surface area contributed by atoms with Gasteiger partial charge in [-0.15, -0.1) is 0 Å². The SMILES string of the molecule is NC(=S)C1CCCN1CC(=O)NC1CCCCC1. The number of thiocarbonyl (C=S) groups is 1. The van der Waals surface area contributed by atoms with Crippen LogP contribution in [-0.2, 0) is 4.79 Å².